The second-order valence-corrected chi connectivity index (χ2v) is 6.28. The Morgan fingerprint density at radius 1 is 1.22 bits per heavy atom. The number of aromatic amines is 1. The number of carbonyl (C=O) groups is 1. The van der Waals surface area contributed by atoms with E-state index in [2.05, 4.69) is 4.98 Å². The number of H-pyrrole nitrogens is 1. The molecule has 1 atom stereocenters. The van der Waals surface area contributed by atoms with Gasteiger partial charge >= 0.3 is 6.09 Å². The number of hydrogen-bond donors (Lipinski definition) is 2. The molecule has 1 fully saturated rings. The van der Waals surface area contributed by atoms with Crippen LogP contribution in [0, 0.1) is 0 Å². The Morgan fingerprint density at radius 2 is 2.04 bits per heavy atom. The molecule has 0 radical (unpaired) electrons. The number of benzene rings is 2. The van der Waals surface area contributed by atoms with Gasteiger partial charge in [0.2, 0.25) is 0 Å². The van der Waals surface area contributed by atoms with E-state index in [4.69, 9.17) is 9.47 Å². The minimum Gasteiger partial charge on any atom is -0.496 e. The van der Waals surface area contributed by atoms with Gasteiger partial charge in [-0.2, -0.15) is 0 Å². The molecular formula is C20H18N2O5. The number of nitrogens with one attached hydrogen (secondary N) is 1. The molecular weight excluding hydrogens is 348 g/mol. The van der Waals surface area contributed by atoms with Crippen molar-refractivity contribution in [1.82, 2.24) is 4.98 Å². The maximum absolute atomic E-state index is 12.7. The van der Waals surface area contributed by atoms with Gasteiger partial charge in [-0.05, 0) is 35.7 Å². The molecule has 7 heteroatoms. The maximum atomic E-state index is 12.7. The average Bonchev–Trinajstić information content (AvgIpc) is 3.08. The lowest BCUT2D eigenvalue weighted by Gasteiger charge is -2.14. The number of amides is 1. The molecule has 0 bridgehead atoms. The van der Waals surface area contributed by atoms with E-state index < -0.39 is 12.2 Å². The van der Waals surface area contributed by atoms with E-state index >= 15 is 0 Å². The van der Waals surface area contributed by atoms with Gasteiger partial charge in [0.1, 0.15) is 11.9 Å². The van der Waals surface area contributed by atoms with Gasteiger partial charge in [0, 0.05) is 16.6 Å². The van der Waals surface area contributed by atoms with Crippen LogP contribution in [0.1, 0.15) is 0 Å². The van der Waals surface area contributed by atoms with Crippen molar-refractivity contribution in [3.05, 3.63) is 58.9 Å². The van der Waals surface area contributed by atoms with Crippen LogP contribution in [0.4, 0.5) is 10.5 Å². The number of fused-ring (bicyclic) bond motifs is 1. The van der Waals surface area contributed by atoms with Crippen molar-refractivity contribution in [3.63, 3.8) is 0 Å². The van der Waals surface area contributed by atoms with Crippen molar-refractivity contribution < 1.29 is 19.4 Å². The van der Waals surface area contributed by atoms with Crippen LogP contribution >= 0.6 is 0 Å². The largest absolute Gasteiger partial charge is 0.496 e. The number of anilines is 1. The first-order chi connectivity index (χ1) is 13.1. The zero-order valence-corrected chi connectivity index (χ0v) is 14.6. The summed E-state index contributed by atoms with van der Waals surface area (Å²) in [6.07, 6.45) is -1.09. The SMILES string of the molecule is COc1ccccc1-c1cc2ccc(N3C[C@H](CO)OC3=O)cc2c(=O)[nH]1. The number of cyclic esters (lactones) is 1. The molecule has 27 heavy (non-hydrogen) atoms. The summed E-state index contributed by atoms with van der Waals surface area (Å²) in [5.74, 6) is 0.666. The Hall–Kier alpha value is -3.32. The molecule has 1 aliphatic heterocycles. The highest BCUT2D eigenvalue weighted by Gasteiger charge is 2.31. The van der Waals surface area contributed by atoms with Crippen molar-refractivity contribution in [3.8, 4) is 17.0 Å². The fourth-order valence-electron chi connectivity index (χ4n) is 3.26. The summed E-state index contributed by atoms with van der Waals surface area (Å²) in [5, 5.41) is 10.4. The first-order valence-electron chi connectivity index (χ1n) is 8.50. The fraction of sp³-hybridized carbons (Fsp3) is 0.200. The van der Waals surface area contributed by atoms with Gasteiger partial charge in [0.15, 0.2) is 0 Å². The summed E-state index contributed by atoms with van der Waals surface area (Å²) in [6.45, 7) is 0.0106. The van der Waals surface area contributed by atoms with Gasteiger partial charge in [-0.3, -0.25) is 9.69 Å². The zero-order chi connectivity index (χ0) is 19.0. The molecule has 4 rings (SSSR count). The van der Waals surface area contributed by atoms with E-state index in [0.717, 1.165) is 10.9 Å². The lowest BCUT2D eigenvalue weighted by molar-refractivity contribution is 0.0963. The summed E-state index contributed by atoms with van der Waals surface area (Å²) in [5.41, 5.74) is 1.73. The molecule has 1 saturated heterocycles. The summed E-state index contributed by atoms with van der Waals surface area (Å²) >= 11 is 0. The number of carbonyl (C=O) groups excluding carboxylic acids is 1. The van der Waals surface area contributed by atoms with Gasteiger partial charge in [-0.1, -0.05) is 18.2 Å². The number of pyridine rings is 1. The normalized spacial score (nSPS) is 16.6. The quantitative estimate of drug-likeness (QED) is 0.740. The van der Waals surface area contributed by atoms with Gasteiger partial charge in [0.25, 0.3) is 5.56 Å². The minimum absolute atomic E-state index is 0.237. The predicted octanol–water partition coefficient (Wildman–Crippen LogP) is 2.52. The number of ether oxygens (including phenoxy) is 2. The molecule has 1 aliphatic rings. The highest BCUT2D eigenvalue weighted by molar-refractivity contribution is 5.94. The third kappa shape index (κ3) is 3.02. The lowest BCUT2D eigenvalue weighted by atomic mass is 10.1. The minimum atomic E-state index is -0.556. The number of hydrogen-bond acceptors (Lipinski definition) is 5. The topological polar surface area (TPSA) is 91.9 Å². The van der Waals surface area contributed by atoms with Crippen molar-refractivity contribution >= 4 is 22.6 Å². The second-order valence-electron chi connectivity index (χ2n) is 6.28. The van der Waals surface area contributed by atoms with Crippen LogP contribution in [-0.2, 0) is 4.74 Å². The third-order valence-electron chi connectivity index (χ3n) is 4.62. The number of methoxy groups -OCH3 is 1. The van der Waals surface area contributed by atoms with Crippen molar-refractivity contribution in [2.45, 2.75) is 6.10 Å². The van der Waals surface area contributed by atoms with E-state index in [-0.39, 0.29) is 18.7 Å². The molecule has 2 aromatic carbocycles. The van der Waals surface area contributed by atoms with Gasteiger partial charge in [-0.25, -0.2) is 4.79 Å². The second kappa shape index (κ2) is 6.77. The Kier molecular flexibility index (Phi) is 4.29. The number of para-hydroxylation sites is 1. The number of rotatable bonds is 4. The van der Waals surface area contributed by atoms with Crippen molar-refractivity contribution in [1.29, 1.82) is 0 Å². The molecule has 2 N–H and O–H groups in total. The van der Waals surface area contributed by atoms with Crippen LogP contribution in [0.15, 0.2) is 53.3 Å². The van der Waals surface area contributed by atoms with Crippen LogP contribution in [0.3, 0.4) is 0 Å². The molecule has 1 amide bonds. The summed E-state index contributed by atoms with van der Waals surface area (Å²) in [7, 11) is 1.58. The third-order valence-corrected chi connectivity index (χ3v) is 4.62. The molecule has 3 aromatic rings. The number of aliphatic hydroxyl groups is 1. The average molecular weight is 366 g/mol. The Balaban J connectivity index is 1.77. The predicted molar refractivity (Wildman–Crippen MR) is 101 cm³/mol. The van der Waals surface area contributed by atoms with E-state index in [1.54, 1.807) is 25.3 Å². The molecule has 0 aliphatic carbocycles. The molecule has 2 heterocycles. The van der Waals surface area contributed by atoms with Crippen molar-refractivity contribution in [2.75, 3.05) is 25.2 Å². The van der Waals surface area contributed by atoms with E-state index in [1.165, 1.54) is 4.90 Å². The lowest BCUT2D eigenvalue weighted by Crippen LogP contribution is -2.25. The molecule has 7 nitrogen and oxygen atoms in total. The summed E-state index contributed by atoms with van der Waals surface area (Å²) in [4.78, 5) is 28.9. The Bertz CT molecular complexity index is 1080. The van der Waals surface area contributed by atoms with Crippen LogP contribution in [0.5, 0.6) is 5.75 Å². The zero-order valence-electron chi connectivity index (χ0n) is 14.6. The smallest absolute Gasteiger partial charge is 0.414 e. The number of aromatic nitrogens is 1. The first-order valence-corrected chi connectivity index (χ1v) is 8.50. The number of aliphatic hydroxyl groups excluding tert-OH is 1. The van der Waals surface area contributed by atoms with Crippen LogP contribution < -0.4 is 15.2 Å². The summed E-state index contributed by atoms with van der Waals surface area (Å²) < 4.78 is 10.4. The van der Waals surface area contributed by atoms with E-state index in [1.807, 2.05) is 30.3 Å². The van der Waals surface area contributed by atoms with Crippen LogP contribution in [0.25, 0.3) is 22.0 Å². The standard InChI is InChI=1S/C20H18N2O5/c1-26-18-5-3-2-4-15(18)17-8-12-6-7-13(9-16(12)19(24)21-17)22-10-14(11-23)27-20(22)25/h2-9,14,23H,10-11H2,1H3,(H,21,24)/t14-/m1/s1. The molecule has 0 spiro atoms. The molecule has 0 unspecified atom stereocenters. The maximum Gasteiger partial charge on any atom is 0.414 e. The van der Waals surface area contributed by atoms with Gasteiger partial charge in [-0.15, -0.1) is 0 Å². The van der Waals surface area contributed by atoms with Crippen LogP contribution in [-0.4, -0.2) is 42.5 Å². The summed E-state index contributed by atoms with van der Waals surface area (Å²) in [6, 6.07) is 14.5. The Morgan fingerprint density at radius 3 is 2.78 bits per heavy atom. The molecule has 138 valence electrons. The highest BCUT2D eigenvalue weighted by atomic mass is 16.6. The van der Waals surface area contributed by atoms with Crippen LogP contribution in [0.2, 0.25) is 0 Å². The monoisotopic (exact) mass is 366 g/mol. The van der Waals surface area contributed by atoms with E-state index in [9.17, 15) is 14.7 Å². The van der Waals surface area contributed by atoms with Gasteiger partial charge in [0.05, 0.1) is 26.0 Å². The highest BCUT2D eigenvalue weighted by Crippen LogP contribution is 2.30. The number of nitrogens with zero attached hydrogens (tertiary/aromatic N) is 1. The Labute approximate surface area is 154 Å². The molecule has 0 saturated carbocycles. The van der Waals surface area contributed by atoms with E-state index in [0.29, 0.717) is 22.5 Å². The van der Waals surface area contributed by atoms with Crippen molar-refractivity contribution in [2.24, 2.45) is 0 Å². The first kappa shape index (κ1) is 17.1. The fourth-order valence-corrected chi connectivity index (χ4v) is 3.26. The molecule has 1 aromatic heterocycles. The van der Waals surface area contributed by atoms with Gasteiger partial charge < -0.3 is 19.6 Å².